The van der Waals surface area contributed by atoms with Gasteiger partial charge in [0, 0.05) is 23.5 Å². The molecule has 0 saturated heterocycles. The largest absolute Gasteiger partial charge is 0.355 e. The Balaban J connectivity index is 1.78. The number of rotatable bonds is 7. The molecule has 3 heteroatoms. The third kappa shape index (κ3) is 4.56. The van der Waals surface area contributed by atoms with Crippen molar-refractivity contribution in [1.82, 2.24) is 5.32 Å². The third-order valence-electron chi connectivity index (χ3n) is 4.70. The first-order valence-electron chi connectivity index (χ1n) is 9.42. The lowest BCUT2D eigenvalue weighted by Crippen LogP contribution is -2.24. The Labute approximate surface area is 161 Å². The fraction of sp³-hybridized carbons (Fsp3) is 0.208. The molecule has 0 aromatic heterocycles. The van der Waals surface area contributed by atoms with Crippen molar-refractivity contribution in [2.75, 3.05) is 11.9 Å². The molecule has 0 aliphatic heterocycles. The van der Waals surface area contributed by atoms with E-state index in [9.17, 15) is 4.79 Å². The quantitative estimate of drug-likeness (QED) is 0.527. The summed E-state index contributed by atoms with van der Waals surface area (Å²) in [5.74, 6) is -0.0391. The zero-order chi connectivity index (χ0) is 19.2. The minimum atomic E-state index is -0.0391. The molecule has 0 heterocycles. The number of benzene rings is 3. The molecule has 0 aliphatic rings. The molecule has 0 aliphatic carbocycles. The van der Waals surface area contributed by atoms with Crippen molar-refractivity contribution in [3.8, 4) is 0 Å². The molecule has 0 spiro atoms. The molecule has 0 radical (unpaired) electrons. The van der Waals surface area contributed by atoms with E-state index in [1.54, 1.807) is 0 Å². The molecular weight excluding hydrogens is 332 g/mol. The van der Waals surface area contributed by atoms with Crippen molar-refractivity contribution in [2.24, 2.45) is 0 Å². The van der Waals surface area contributed by atoms with Crippen LogP contribution in [0.5, 0.6) is 0 Å². The Morgan fingerprint density at radius 2 is 1.70 bits per heavy atom. The van der Waals surface area contributed by atoms with Crippen LogP contribution >= 0.6 is 0 Å². The van der Waals surface area contributed by atoms with Gasteiger partial charge in [0.2, 0.25) is 0 Å². The Kier molecular flexibility index (Phi) is 5.92. The molecule has 3 nitrogen and oxygen atoms in total. The lowest BCUT2D eigenvalue weighted by atomic mass is 10.0. The van der Waals surface area contributed by atoms with Crippen molar-refractivity contribution in [1.29, 1.82) is 0 Å². The lowest BCUT2D eigenvalue weighted by Gasteiger charge is -2.14. The molecule has 0 saturated carbocycles. The predicted octanol–water partition coefficient (Wildman–Crippen LogP) is 5.76. The summed E-state index contributed by atoms with van der Waals surface area (Å²) in [4.78, 5) is 12.3. The van der Waals surface area contributed by atoms with E-state index in [4.69, 9.17) is 0 Å². The number of unbranched alkanes of at least 4 members (excludes halogenated alkanes) is 1. The second-order valence-corrected chi connectivity index (χ2v) is 6.80. The topological polar surface area (TPSA) is 41.1 Å². The second kappa shape index (κ2) is 8.54. The zero-order valence-electron chi connectivity index (χ0n) is 16.0. The predicted molar refractivity (Wildman–Crippen MR) is 115 cm³/mol. The van der Waals surface area contributed by atoms with Gasteiger partial charge in [-0.2, -0.15) is 0 Å². The summed E-state index contributed by atoms with van der Waals surface area (Å²) in [5, 5.41) is 8.73. The summed E-state index contributed by atoms with van der Waals surface area (Å²) in [6, 6.07) is 20.3. The van der Waals surface area contributed by atoms with Gasteiger partial charge >= 0.3 is 0 Å². The van der Waals surface area contributed by atoms with E-state index in [1.165, 1.54) is 10.8 Å². The van der Waals surface area contributed by atoms with Crippen molar-refractivity contribution in [3.63, 3.8) is 0 Å². The molecule has 27 heavy (non-hydrogen) atoms. The summed E-state index contributed by atoms with van der Waals surface area (Å²) in [6.07, 6.45) is 2.05. The van der Waals surface area contributed by atoms with E-state index in [2.05, 4.69) is 54.5 Å². The molecular formula is C24H26N2O. The molecule has 0 unspecified atom stereocenters. The lowest BCUT2D eigenvalue weighted by molar-refractivity contribution is 0.0953. The number of hydrogen-bond acceptors (Lipinski definition) is 2. The van der Waals surface area contributed by atoms with Crippen LogP contribution in [0.3, 0.4) is 0 Å². The minimum absolute atomic E-state index is 0.0391. The van der Waals surface area contributed by atoms with Crippen LogP contribution in [0.4, 0.5) is 5.69 Å². The third-order valence-corrected chi connectivity index (χ3v) is 4.70. The van der Waals surface area contributed by atoms with Crippen LogP contribution in [0.1, 0.15) is 41.3 Å². The monoisotopic (exact) mass is 358 g/mol. The van der Waals surface area contributed by atoms with E-state index < -0.39 is 0 Å². The number of amides is 1. The first-order valence-corrected chi connectivity index (χ1v) is 9.42. The summed E-state index contributed by atoms with van der Waals surface area (Å²) in [6.45, 7) is 9.03. The van der Waals surface area contributed by atoms with Crippen LogP contribution < -0.4 is 10.6 Å². The van der Waals surface area contributed by atoms with Gasteiger partial charge in [-0.3, -0.25) is 4.79 Å². The summed E-state index contributed by atoms with van der Waals surface area (Å²) >= 11 is 0. The van der Waals surface area contributed by atoms with Gasteiger partial charge in [-0.05, 0) is 53.4 Å². The molecule has 3 aromatic carbocycles. The molecule has 3 aromatic rings. The average molecular weight is 358 g/mol. The maximum absolute atomic E-state index is 12.3. The normalized spacial score (nSPS) is 10.6. The van der Waals surface area contributed by atoms with E-state index in [0.29, 0.717) is 12.1 Å². The molecule has 1 amide bonds. The number of anilines is 1. The molecule has 0 atom stereocenters. The Morgan fingerprint density at radius 3 is 2.48 bits per heavy atom. The van der Waals surface area contributed by atoms with Crippen molar-refractivity contribution in [2.45, 2.75) is 26.7 Å². The van der Waals surface area contributed by atoms with Gasteiger partial charge in [-0.1, -0.05) is 62.4 Å². The average Bonchev–Trinajstić information content (AvgIpc) is 2.69. The van der Waals surface area contributed by atoms with Gasteiger partial charge in [0.05, 0.1) is 0 Å². The highest BCUT2D eigenvalue weighted by Gasteiger charge is 2.09. The first kappa shape index (κ1) is 18.7. The van der Waals surface area contributed by atoms with Crippen LogP contribution in [-0.4, -0.2) is 12.5 Å². The van der Waals surface area contributed by atoms with Gasteiger partial charge in [0.1, 0.15) is 0 Å². The molecule has 2 N–H and O–H groups in total. The van der Waals surface area contributed by atoms with Gasteiger partial charge < -0.3 is 10.6 Å². The van der Waals surface area contributed by atoms with E-state index in [1.807, 2.05) is 37.3 Å². The standard InChI is InChI=1S/C24H26N2O/c1-4-5-14-25-24(27)22-11-10-17(2)23(16-22)26-18(3)20-13-12-19-8-6-7-9-21(19)15-20/h6-13,15-16,26H,3-5,14H2,1-2H3,(H,25,27). The fourth-order valence-electron chi connectivity index (χ4n) is 2.99. The van der Waals surface area contributed by atoms with E-state index in [0.717, 1.165) is 35.4 Å². The van der Waals surface area contributed by atoms with Gasteiger partial charge in [0.15, 0.2) is 0 Å². The number of hydrogen-bond donors (Lipinski definition) is 2. The smallest absolute Gasteiger partial charge is 0.251 e. The van der Waals surface area contributed by atoms with Crippen LogP contribution in [0, 0.1) is 6.92 Å². The maximum atomic E-state index is 12.3. The van der Waals surface area contributed by atoms with E-state index >= 15 is 0 Å². The van der Waals surface area contributed by atoms with Crippen LogP contribution in [0.15, 0.2) is 67.2 Å². The summed E-state index contributed by atoms with van der Waals surface area (Å²) < 4.78 is 0. The maximum Gasteiger partial charge on any atom is 0.251 e. The number of aryl methyl sites for hydroxylation is 1. The minimum Gasteiger partial charge on any atom is -0.355 e. The van der Waals surface area contributed by atoms with Gasteiger partial charge in [-0.15, -0.1) is 0 Å². The number of carbonyl (C=O) groups is 1. The Bertz CT molecular complexity index is 975. The first-order chi connectivity index (χ1) is 13.1. The van der Waals surface area contributed by atoms with Crippen molar-refractivity contribution >= 4 is 28.1 Å². The summed E-state index contributed by atoms with van der Waals surface area (Å²) in [5.41, 5.74) is 4.47. The highest BCUT2D eigenvalue weighted by atomic mass is 16.1. The highest BCUT2D eigenvalue weighted by Crippen LogP contribution is 2.24. The number of carbonyl (C=O) groups excluding carboxylic acids is 1. The van der Waals surface area contributed by atoms with Crippen molar-refractivity contribution < 1.29 is 4.79 Å². The van der Waals surface area contributed by atoms with Crippen LogP contribution in [-0.2, 0) is 0 Å². The number of fused-ring (bicyclic) bond motifs is 1. The zero-order valence-corrected chi connectivity index (χ0v) is 16.0. The SMILES string of the molecule is C=C(Nc1cc(C(=O)NCCCC)ccc1C)c1ccc2ccccc2c1. The van der Waals surface area contributed by atoms with Gasteiger partial charge in [0.25, 0.3) is 5.91 Å². The van der Waals surface area contributed by atoms with Crippen LogP contribution in [0.2, 0.25) is 0 Å². The molecule has 0 bridgehead atoms. The van der Waals surface area contributed by atoms with Crippen molar-refractivity contribution in [3.05, 3.63) is 83.9 Å². The van der Waals surface area contributed by atoms with Gasteiger partial charge in [-0.25, -0.2) is 0 Å². The summed E-state index contributed by atoms with van der Waals surface area (Å²) in [7, 11) is 0. The second-order valence-electron chi connectivity index (χ2n) is 6.80. The fourth-order valence-corrected chi connectivity index (χ4v) is 2.99. The Hall–Kier alpha value is -3.07. The molecule has 138 valence electrons. The highest BCUT2D eigenvalue weighted by molar-refractivity contribution is 5.96. The molecule has 0 fully saturated rings. The van der Waals surface area contributed by atoms with E-state index in [-0.39, 0.29) is 5.91 Å². The number of nitrogens with one attached hydrogen (secondary N) is 2. The Morgan fingerprint density at radius 1 is 0.963 bits per heavy atom. The molecule has 3 rings (SSSR count). The van der Waals surface area contributed by atoms with Crippen LogP contribution in [0.25, 0.3) is 16.5 Å².